The number of aryl methyl sites for hydroxylation is 1. The number of carbonyl (C=O) groups is 1. The summed E-state index contributed by atoms with van der Waals surface area (Å²) in [5, 5.41) is 9.75. The molecule has 3 N–H and O–H groups in total. The van der Waals surface area contributed by atoms with Crippen LogP contribution in [0.25, 0.3) is 10.9 Å². The number of carboxylic acid groups (broad SMARTS) is 1. The van der Waals surface area contributed by atoms with Gasteiger partial charge >= 0.3 is 5.97 Å². The molecule has 0 saturated carbocycles. The number of hydrogen-bond donors (Lipinski definition) is 2. The molecule has 0 aliphatic carbocycles. The van der Waals surface area contributed by atoms with Crippen LogP contribution < -0.4 is 5.73 Å². The van der Waals surface area contributed by atoms with Gasteiger partial charge in [0.25, 0.3) is 0 Å². The number of anilines is 1. The first-order valence-corrected chi connectivity index (χ1v) is 4.75. The maximum Gasteiger partial charge on any atom is 0.337 e. The number of nitrogens with two attached hydrogens (primary N) is 1. The Morgan fingerprint density at radius 2 is 2.27 bits per heavy atom. The van der Waals surface area contributed by atoms with E-state index in [0.29, 0.717) is 11.3 Å². The van der Waals surface area contributed by atoms with Crippen molar-refractivity contribution in [1.82, 2.24) is 4.57 Å². The van der Waals surface area contributed by atoms with Crippen LogP contribution in [0.1, 0.15) is 17.3 Å². The number of rotatable bonds is 2. The number of nitrogen functional groups attached to an aromatic ring is 1. The molecule has 1 heterocycles. The predicted molar refractivity (Wildman–Crippen MR) is 59.0 cm³/mol. The van der Waals surface area contributed by atoms with Crippen molar-refractivity contribution >= 4 is 22.6 Å². The lowest BCUT2D eigenvalue weighted by Gasteiger charge is -2.00. The molecule has 0 aliphatic rings. The summed E-state index contributed by atoms with van der Waals surface area (Å²) in [7, 11) is 0. The Morgan fingerprint density at radius 3 is 2.87 bits per heavy atom. The van der Waals surface area contributed by atoms with Crippen LogP contribution in [0.5, 0.6) is 0 Å². The van der Waals surface area contributed by atoms with Gasteiger partial charge in [-0.15, -0.1) is 0 Å². The number of hydrogen-bond acceptors (Lipinski definition) is 2. The summed E-state index contributed by atoms with van der Waals surface area (Å²) in [6.07, 6.45) is 1.65. The average Bonchev–Trinajstić information content (AvgIpc) is 2.55. The molecule has 0 aliphatic heterocycles. The normalized spacial score (nSPS) is 10.7. The van der Waals surface area contributed by atoms with Crippen molar-refractivity contribution in [3.8, 4) is 0 Å². The molecule has 4 nitrogen and oxygen atoms in total. The Balaban J connectivity index is 2.81. The number of aromatic carboxylic acids is 1. The van der Waals surface area contributed by atoms with Gasteiger partial charge in [0.1, 0.15) is 0 Å². The Morgan fingerprint density at radius 1 is 1.53 bits per heavy atom. The maximum absolute atomic E-state index is 11.0. The van der Waals surface area contributed by atoms with Crippen LogP contribution in [0, 0.1) is 0 Å². The smallest absolute Gasteiger partial charge is 0.337 e. The van der Waals surface area contributed by atoms with Gasteiger partial charge in [0.15, 0.2) is 0 Å². The van der Waals surface area contributed by atoms with Crippen LogP contribution in [0.4, 0.5) is 5.69 Å². The van der Waals surface area contributed by atoms with Crippen LogP contribution in [0.15, 0.2) is 24.4 Å². The van der Waals surface area contributed by atoms with Crippen molar-refractivity contribution in [3.05, 3.63) is 30.0 Å². The van der Waals surface area contributed by atoms with Gasteiger partial charge in [-0.2, -0.15) is 0 Å². The first-order chi connectivity index (χ1) is 7.13. The van der Waals surface area contributed by atoms with Gasteiger partial charge in [-0.1, -0.05) is 0 Å². The summed E-state index contributed by atoms with van der Waals surface area (Å²) < 4.78 is 1.88. The van der Waals surface area contributed by atoms with E-state index in [1.165, 1.54) is 0 Å². The van der Waals surface area contributed by atoms with E-state index < -0.39 is 5.97 Å². The van der Waals surface area contributed by atoms with E-state index in [2.05, 4.69) is 0 Å². The second-order valence-corrected chi connectivity index (χ2v) is 3.41. The number of carboxylic acids is 1. The minimum Gasteiger partial charge on any atom is -0.478 e. The maximum atomic E-state index is 11.0. The molecule has 2 rings (SSSR count). The van der Waals surface area contributed by atoms with Crippen molar-refractivity contribution < 1.29 is 9.90 Å². The fourth-order valence-electron chi connectivity index (χ4n) is 1.74. The van der Waals surface area contributed by atoms with Crippen LogP contribution in [-0.2, 0) is 6.54 Å². The number of aromatic nitrogens is 1. The predicted octanol–water partition coefficient (Wildman–Crippen LogP) is 1.94. The van der Waals surface area contributed by atoms with Crippen LogP contribution in [0.3, 0.4) is 0 Å². The molecule has 78 valence electrons. The lowest BCUT2D eigenvalue weighted by Crippen LogP contribution is -1.94. The van der Waals surface area contributed by atoms with Gasteiger partial charge in [-0.3, -0.25) is 0 Å². The first-order valence-electron chi connectivity index (χ1n) is 4.75. The second kappa shape index (κ2) is 3.31. The fraction of sp³-hybridized carbons (Fsp3) is 0.182. The molecule has 0 amide bonds. The summed E-state index contributed by atoms with van der Waals surface area (Å²) >= 11 is 0. The van der Waals surface area contributed by atoms with Gasteiger partial charge in [-0.25, -0.2) is 4.79 Å². The Bertz CT molecular complexity index is 529. The summed E-state index contributed by atoms with van der Waals surface area (Å²) in [4.78, 5) is 11.0. The van der Waals surface area contributed by atoms with Crippen molar-refractivity contribution in [1.29, 1.82) is 0 Å². The zero-order chi connectivity index (χ0) is 11.0. The van der Waals surface area contributed by atoms with E-state index in [-0.39, 0.29) is 0 Å². The zero-order valence-electron chi connectivity index (χ0n) is 8.40. The quantitative estimate of drug-likeness (QED) is 0.734. The zero-order valence-corrected chi connectivity index (χ0v) is 8.40. The third kappa shape index (κ3) is 1.44. The lowest BCUT2D eigenvalue weighted by molar-refractivity contribution is 0.0699. The Labute approximate surface area is 86.9 Å². The SMILES string of the molecule is CCn1cc(C(=O)O)c2ccc(N)cc21. The molecule has 2 aromatic rings. The van der Waals surface area contributed by atoms with E-state index in [1.54, 1.807) is 24.4 Å². The minimum atomic E-state index is -0.906. The number of fused-ring (bicyclic) bond motifs is 1. The van der Waals surface area contributed by atoms with Crippen molar-refractivity contribution in [2.24, 2.45) is 0 Å². The molecule has 0 radical (unpaired) electrons. The molecule has 0 fully saturated rings. The molecule has 15 heavy (non-hydrogen) atoms. The molecule has 0 spiro atoms. The minimum absolute atomic E-state index is 0.326. The molecular formula is C11H12N2O2. The van der Waals surface area contributed by atoms with Crippen molar-refractivity contribution in [3.63, 3.8) is 0 Å². The van der Waals surface area contributed by atoms with Crippen molar-refractivity contribution in [2.75, 3.05) is 5.73 Å². The van der Waals surface area contributed by atoms with Crippen LogP contribution in [0.2, 0.25) is 0 Å². The van der Waals surface area contributed by atoms with Gasteiger partial charge in [-0.05, 0) is 25.1 Å². The topological polar surface area (TPSA) is 68.2 Å². The highest BCUT2D eigenvalue weighted by Gasteiger charge is 2.13. The Kier molecular flexibility index (Phi) is 2.11. The highest BCUT2D eigenvalue weighted by atomic mass is 16.4. The second-order valence-electron chi connectivity index (χ2n) is 3.41. The van der Waals surface area contributed by atoms with Gasteiger partial charge in [0, 0.05) is 23.8 Å². The molecule has 0 atom stereocenters. The first kappa shape index (κ1) is 9.58. The lowest BCUT2D eigenvalue weighted by atomic mass is 10.1. The van der Waals surface area contributed by atoms with Gasteiger partial charge in [0.2, 0.25) is 0 Å². The van der Waals surface area contributed by atoms with E-state index in [1.807, 2.05) is 11.5 Å². The largest absolute Gasteiger partial charge is 0.478 e. The summed E-state index contributed by atoms with van der Waals surface area (Å²) in [5.41, 5.74) is 7.51. The highest BCUT2D eigenvalue weighted by molar-refractivity contribution is 6.04. The molecule has 0 unspecified atom stereocenters. The standard InChI is InChI=1S/C11H12N2O2/c1-2-13-6-9(11(14)15)8-4-3-7(12)5-10(8)13/h3-6H,2,12H2,1H3,(H,14,15). The van der Waals surface area contributed by atoms with E-state index >= 15 is 0 Å². The van der Waals surface area contributed by atoms with Crippen LogP contribution in [-0.4, -0.2) is 15.6 Å². The fourth-order valence-corrected chi connectivity index (χ4v) is 1.74. The van der Waals surface area contributed by atoms with E-state index in [4.69, 9.17) is 10.8 Å². The Hall–Kier alpha value is -1.97. The summed E-state index contributed by atoms with van der Waals surface area (Å²) in [5.74, 6) is -0.906. The molecule has 1 aromatic carbocycles. The van der Waals surface area contributed by atoms with E-state index in [0.717, 1.165) is 17.4 Å². The van der Waals surface area contributed by atoms with Crippen molar-refractivity contribution in [2.45, 2.75) is 13.5 Å². The average molecular weight is 204 g/mol. The highest BCUT2D eigenvalue weighted by Crippen LogP contribution is 2.23. The van der Waals surface area contributed by atoms with Crippen LogP contribution >= 0.6 is 0 Å². The van der Waals surface area contributed by atoms with Gasteiger partial charge in [0.05, 0.1) is 11.1 Å². The van der Waals surface area contributed by atoms with Gasteiger partial charge < -0.3 is 15.4 Å². The molecule has 0 saturated heterocycles. The third-order valence-electron chi connectivity index (χ3n) is 2.48. The monoisotopic (exact) mass is 204 g/mol. The third-order valence-corrected chi connectivity index (χ3v) is 2.48. The number of benzene rings is 1. The number of nitrogens with zero attached hydrogens (tertiary/aromatic N) is 1. The summed E-state index contributed by atoms with van der Waals surface area (Å²) in [6.45, 7) is 2.70. The van der Waals surface area contributed by atoms with E-state index in [9.17, 15) is 4.79 Å². The molecule has 4 heteroatoms. The summed E-state index contributed by atoms with van der Waals surface area (Å²) in [6, 6.07) is 5.26. The molecule has 0 bridgehead atoms. The molecule has 1 aromatic heterocycles. The molecular weight excluding hydrogens is 192 g/mol.